The molecule has 0 saturated heterocycles. The minimum atomic E-state index is -0.632. The molecule has 2 aromatic rings. The van der Waals surface area contributed by atoms with Crippen LogP contribution < -0.4 is 4.74 Å². The van der Waals surface area contributed by atoms with Gasteiger partial charge in [-0.25, -0.2) is 8.78 Å². The standard InChI is InChI=1S/C14H10BrClF2O/c15-7-9-2-1-3-12(16)14(9)19-8-10-4-5-11(17)6-13(10)18/h1-6H,7-8H2. The molecule has 2 aromatic carbocycles. The molecule has 0 amide bonds. The van der Waals surface area contributed by atoms with Crippen LogP contribution in [0.3, 0.4) is 0 Å². The summed E-state index contributed by atoms with van der Waals surface area (Å²) in [5.74, 6) is -0.739. The van der Waals surface area contributed by atoms with E-state index >= 15 is 0 Å². The first kappa shape index (κ1) is 14.3. The van der Waals surface area contributed by atoms with E-state index in [4.69, 9.17) is 16.3 Å². The molecule has 0 bridgehead atoms. The Kier molecular flexibility index (Phi) is 4.77. The highest BCUT2D eigenvalue weighted by Crippen LogP contribution is 2.31. The molecule has 100 valence electrons. The van der Waals surface area contributed by atoms with Crippen molar-refractivity contribution in [3.05, 3.63) is 64.2 Å². The molecular weight excluding hydrogens is 338 g/mol. The highest BCUT2D eigenvalue weighted by Gasteiger charge is 2.10. The van der Waals surface area contributed by atoms with Gasteiger partial charge in [0.25, 0.3) is 0 Å². The molecular formula is C14H10BrClF2O. The van der Waals surface area contributed by atoms with Crippen LogP contribution in [0.2, 0.25) is 5.02 Å². The summed E-state index contributed by atoms with van der Waals surface area (Å²) < 4.78 is 31.8. The van der Waals surface area contributed by atoms with Crippen LogP contribution >= 0.6 is 27.5 Å². The summed E-state index contributed by atoms with van der Waals surface area (Å²) in [6.07, 6.45) is 0. The number of benzene rings is 2. The van der Waals surface area contributed by atoms with Crippen LogP contribution in [-0.4, -0.2) is 0 Å². The smallest absolute Gasteiger partial charge is 0.142 e. The van der Waals surface area contributed by atoms with Gasteiger partial charge in [0.1, 0.15) is 24.0 Å². The van der Waals surface area contributed by atoms with Gasteiger partial charge in [0.05, 0.1) is 5.02 Å². The Hall–Kier alpha value is -1.13. The molecule has 0 atom stereocenters. The molecule has 0 aliphatic carbocycles. The molecule has 0 radical (unpaired) electrons. The predicted molar refractivity (Wildman–Crippen MR) is 74.8 cm³/mol. The van der Waals surface area contributed by atoms with Gasteiger partial charge in [0.15, 0.2) is 0 Å². The van der Waals surface area contributed by atoms with Crippen LogP contribution in [0, 0.1) is 11.6 Å². The van der Waals surface area contributed by atoms with E-state index in [1.54, 1.807) is 6.07 Å². The minimum Gasteiger partial charge on any atom is -0.487 e. The molecule has 0 spiro atoms. The number of ether oxygens (including phenoxy) is 1. The van der Waals surface area contributed by atoms with Crippen molar-refractivity contribution >= 4 is 27.5 Å². The van der Waals surface area contributed by atoms with Gasteiger partial charge in [0.2, 0.25) is 0 Å². The first-order chi connectivity index (χ1) is 9.11. The highest BCUT2D eigenvalue weighted by atomic mass is 79.9. The van der Waals surface area contributed by atoms with E-state index in [1.165, 1.54) is 12.1 Å². The van der Waals surface area contributed by atoms with Crippen molar-refractivity contribution < 1.29 is 13.5 Å². The first-order valence-electron chi connectivity index (χ1n) is 5.52. The normalized spacial score (nSPS) is 10.5. The van der Waals surface area contributed by atoms with E-state index in [0.29, 0.717) is 16.1 Å². The van der Waals surface area contributed by atoms with E-state index in [2.05, 4.69) is 15.9 Å². The van der Waals surface area contributed by atoms with Crippen LogP contribution in [-0.2, 0) is 11.9 Å². The molecule has 19 heavy (non-hydrogen) atoms. The van der Waals surface area contributed by atoms with Crippen molar-refractivity contribution in [2.24, 2.45) is 0 Å². The van der Waals surface area contributed by atoms with Gasteiger partial charge in [-0.3, -0.25) is 0 Å². The minimum absolute atomic E-state index is 0.00412. The molecule has 0 aliphatic rings. The van der Waals surface area contributed by atoms with Crippen molar-refractivity contribution in [3.63, 3.8) is 0 Å². The Balaban J connectivity index is 2.19. The summed E-state index contributed by atoms with van der Waals surface area (Å²) in [5.41, 5.74) is 1.15. The molecule has 0 aliphatic heterocycles. The van der Waals surface area contributed by atoms with E-state index < -0.39 is 11.6 Å². The summed E-state index contributed by atoms with van der Waals surface area (Å²) >= 11 is 9.37. The van der Waals surface area contributed by atoms with Gasteiger partial charge in [-0.05, 0) is 18.2 Å². The average Bonchev–Trinajstić information content (AvgIpc) is 2.39. The Morgan fingerprint density at radius 1 is 1.11 bits per heavy atom. The van der Waals surface area contributed by atoms with Crippen molar-refractivity contribution in [1.82, 2.24) is 0 Å². The lowest BCUT2D eigenvalue weighted by atomic mass is 10.2. The zero-order valence-electron chi connectivity index (χ0n) is 9.80. The molecule has 0 fully saturated rings. The van der Waals surface area contributed by atoms with Crippen molar-refractivity contribution in [2.75, 3.05) is 0 Å². The van der Waals surface area contributed by atoms with Gasteiger partial charge >= 0.3 is 0 Å². The SMILES string of the molecule is Fc1ccc(COc2c(Cl)cccc2CBr)c(F)c1. The number of para-hydroxylation sites is 1. The molecule has 2 rings (SSSR count). The molecule has 0 heterocycles. The summed E-state index contributed by atoms with van der Waals surface area (Å²) in [6.45, 7) is -0.00412. The lowest BCUT2D eigenvalue weighted by Gasteiger charge is -2.12. The molecule has 0 N–H and O–H groups in total. The van der Waals surface area contributed by atoms with E-state index in [1.807, 2.05) is 12.1 Å². The predicted octanol–water partition coefficient (Wildman–Crippen LogP) is 5.09. The van der Waals surface area contributed by atoms with E-state index in [0.717, 1.165) is 11.6 Å². The van der Waals surface area contributed by atoms with Crippen LogP contribution in [0.25, 0.3) is 0 Å². The highest BCUT2D eigenvalue weighted by molar-refractivity contribution is 9.08. The van der Waals surface area contributed by atoms with Crippen molar-refractivity contribution in [2.45, 2.75) is 11.9 Å². The number of rotatable bonds is 4. The molecule has 0 aromatic heterocycles. The number of halogens is 4. The third-order valence-corrected chi connectivity index (χ3v) is 3.48. The van der Waals surface area contributed by atoms with Crippen LogP contribution in [0.5, 0.6) is 5.75 Å². The second-order valence-corrected chi connectivity index (χ2v) is 4.85. The third kappa shape index (κ3) is 3.45. The number of alkyl halides is 1. The maximum Gasteiger partial charge on any atom is 0.142 e. The summed E-state index contributed by atoms with van der Waals surface area (Å²) in [4.78, 5) is 0. The summed E-state index contributed by atoms with van der Waals surface area (Å²) in [5, 5.41) is 1.04. The quantitative estimate of drug-likeness (QED) is 0.700. The molecule has 1 nitrogen and oxygen atoms in total. The first-order valence-corrected chi connectivity index (χ1v) is 7.02. The van der Waals surface area contributed by atoms with Gasteiger partial charge < -0.3 is 4.74 Å². The Morgan fingerprint density at radius 3 is 2.58 bits per heavy atom. The maximum absolute atomic E-state index is 13.5. The van der Waals surface area contributed by atoms with Gasteiger partial charge in [-0.15, -0.1) is 0 Å². The van der Waals surface area contributed by atoms with Gasteiger partial charge in [-0.1, -0.05) is 39.7 Å². The zero-order valence-corrected chi connectivity index (χ0v) is 12.1. The largest absolute Gasteiger partial charge is 0.487 e. The van der Waals surface area contributed by atoms with Crippen LogP contribution in [0.15, 0.2) is 36.4 Å². The Bertz CT molecular complexity index is 590. The number of hydrogen-bond acceptors (Lipinski definition) is 1. The Labute approximate surface area is 123 Å². The zero-order chi connectivity index (χ0) is 13.8. The third-order valence-electron chi connectivity index (χ3n) is 2.58. The lowest BCUT2D eigenvalue weighted by Crippen LogP contribution is -2.01. The van der Waals surface area contributed by atoms with Crippen LogP contribution in [0.1, 0.15) is 11.1 Å². The van der Waals surface area contributed by atoms with Crippen molar-refractivity contribution in [1.29, 1.82) is 0 Å². The fourth-order valence-electron chi connectivity index (χ4n) is 1.61. The summed E-state index contributed by atoms with van der Waals surface area (Å²) in [6, 6.07) is 8.75. The van der Waals surface area contributed by atoms with Crippen LogP contribution in [0.4, 0.5) is 8.78 Å². The number of hydrogen-bond donors (Lipinski definition) is 0. The second-order valence-electron chi connectivity index (χ2n) is 3.89. The monoisotopic (exact) mass is 346 g/mol. The maximum atomic E-state index is 13.5. The molecule has 0 unspecified atom stereocenters. The summed E-state index contributed by atoms with van der Waals surface area (Å²) in [7, 11) is 0. The second kappa shape index (κ2) is 6.35. The fourth-order valence-corrected chi connectivity index (χ4v) is 2.30. The Morgan fingerprint density at radius 2 is 1.89 bits per heavy atom. The van der Waals surface area contributed by atoms with Gasteiger partial charge in [-0.2, -0.15) is 0 Å². The average molecular weight is 348 g/mol. The lowest BCUT2D eigenvalue weighted by molar-refractivity contribution is 0.297. The molecule has 5 heteroatoms. The fraction of sp³-hybridized carbons (Fsp3) is 0.143. The van der Waals surface area contributed by atoms with E-state index in [9.17, 15) is 8.78 Å². The topological polar surface area (TPSA) is 9.23 Å². The van der Waals surface area contributed by atoms with Gasteiger partial charge in [0, 0.05) is 22.5 Å². The molecule has 0 saturated carbocycles. The van der Waals surface area contributed by atoms with E-state index in [-0.39, 0.29) is 12.2 Å². The van der Waals surface area contributed by atoms with Crippen molar-refractivity contribution in [3.8, 4) is 5.75 Å².